The first-order valence-electron chi connectivity index (χ1n) is 7.16. The van der Waals surface area contributed by atoms with Crippen molar-refractivity contribution in [2.45, 2.75) is 6.42 Å². The molecule has 0 saturated heterocycles. The minimum Gasteiger partial charge on any atom is -0.490 e. The molecule has 0 aliphatic carbocycles. The Bertz CT molecular complexity index is 665. The molecule has 0 spiro atoms. The van der Waals surface area contributed by atoms with Crippen molar-refractivity contribution >= 4 is 17.1 Å². The number of anilines is 2. The van der Waals surface area contributed by atoms with Crippen LogP contribution in [0, 0.1) is 15.9 Å². The van der Waals surface area contributed by atoms with Crippen LogP contribution in [-0.4, -0.2) is 25.1 Å². The summed E-state index contributed by atoms with van der Waals surface area (Å²) in [7, 11) is 1.31. The van der Waals surface area contributed by atoms with Crippen molar-refractivity contribution < 1.29 is 14.1 Å². The molecule has 2 aromatic carbocycles. The summed E-state index contributed by atoms with van der Waals surface area (Å²) in [5.74, 6) is -0.644. The average molecular weight is 319 g/mol. The lowest BCUT2D eigenvalue weighted by molar-refractivity contribution is -0.385. The quantitative estimate of drug-likeness (QED) is 0.441. The van der Waals surface area contributed by atoms with Gasteiger partial charge in [0, 0.05) is 24.8 Å². The lowest BCUT2D eigenvalue weighted by Gasteiger charge is -2.10. The fraction of sp³-hybridized carbons (Fsp3) is 0.250. The van der Waals surface area contributed by atoms with Gasteiger partial charge >= 0.3 is 5.69 Å². The summed E-state index contributed by atoms with van der Waals surface area (Å²) in [6.07, 6.45) is 0.758. The number of benzene rings is 2. The van der Waals surface area contributed by atoms with Crippen LogP contribution in [0.2, 0.25) is 0 Å². The Kier molecular flexibility index (Phi) is 5.74. The number of hydrogen-bond acceptors (Lipinski definition) is 5. The summed E-state index contributed by atoms with van der Waals surface area (Å²) < 4.78 is 18.8. The van der Waals surface area contributed by atoms with E-state index in [1.54, 1.807) is 0 Å². The van der Waals surface area contributed by atoms with Crippen molar-refractivity contribution in [1.82, 2.24) is 0 Å². The van der Waals surface area contributed by atoms with E-state index in [1.165, 1.54) is 13.2 Å². The van der Waals surface area contributed by atoms with Crippen LogP contribution in [0.15, 0.2) is 42.5 Å². The number of para-hydroxylation sites is 1. The summed E-state index contributed by atoms with van der Waals surface area (Å²) in [5.41, 5.74) is 0.823. The SMILES string of the molecule is COc1cc(NCCCNc2ccccc2)c(F)cc1[N+](=O)[O-]. The van der Waals surface area contributed by atoms with Gasteiger partial charge in [-0.25, -0.2) is 4.39 Å². The van der Waals surface area contributed by atoms with E-state index in [4.69, 9.17) is 4.74 Å². The molecule has 0 fully saturated rings. The van der Waals surface area contributed by atoms with E-state index in [9.17, 15) is 14.5 Å². The zero-order valence-electron chi connectivity index (χ0n) is 12.7. The van der Waals surface area contributed by atoms with Crippen LogP contribution in [0.5, 0.6) is 5.75 Å². The molecule has 0 saturated carbocycles. The van der Waals surface area contributed by atoms with E-state index in [2.05, 4.69) is 10.6 Å². The minimum absolute atomic E-state index is 0.0290. The molecule has 0 bridgehead atoms. The highest BCUT2D eigenvalue weighted by Gasteiger charge is 2.18. The van der Waals surface area contributed by atoms with Gasteiger partial charge in [0.25, 0.3) is 0 Å². The molecule has 0 amide bonds. The lowest BCUT2D eigenvalue weighted by atomic mass is 10.2. The first-order chi connectivity index (χ1) is 11.1. The van der Waals surface area contributed by atoms with Gasteiger partial charge in [-0.1, -0.05) is 18.2 Å². The summed E-state index contributed by atoms with van der Waals surface area (Å²) in [5, 5.41) is 17.0. The molecule has 0 aliphatic rings. The molecule has 0 heterocycles. The zero-order chi connectivity index (χ0) is 16.7. The van der Waals surface area contributed by atoms with Crippen molar-refractivity contribution in [2.24, 2.45) is 0 Å². The van der Waals surface area contributed by atoms with Crippen LogP contribution in [0.1, 0.15) is 6.42 Å². The number of nitrogens with one attached hydrogen (secondary N) is 2. The van der Waals surface area contributed by atoms with E-state index < -0.39 is 10.7 Å². The van der Waals surface area contributed by atoms with Crippen molar-refractivity contribution in [3.8, 4) is 5.75 Å². The van der Waals surface area contributed by atoms with Gasteiger partial charge in [-0.05, 0) is 18.6 Å². The number of halogens is 1. The summed E-state index contributed by atoms with van der Waals surface area (Å²) in [4.78, 5) is 10.1. The second-order valence-corrected chi connectivity index (χ2v) is 4.83. The molecular weight excluding hydrogens is 301 g/mol. The zero-order valence-corrected chi connectivity index (χ0v) is 12.7. The maximum absolute atomic E-state index is 13.9. The normalized spacial score (nSPS) is 10.2. The van der Waals surface area contributed by atoms with Gasteiger partial charge in [0.05, 0.1) is 23.8 Å². The molecule has 0 radical (unpaired) electrons. The molecule has 0 aromatic heterocycles. The number of nitrogens with zero attached hydrogens (tertiary/aromatic N) is 1. The summed E-state index contributed by atoms with van der Waals surface area (Å²) >= 11 is 0. The molecule has 0 atom stereocenters. The second-order valence-electron chi connectivity index (χ2n) is 4.83. The number of methoxy groups -OCH3 is 1. The molecule has 122 valence electrons. The molecule has 2 rings (SSSR count). The standard InChI is InChI=1S/C16H18FN3O3/c1-23-16-11-14(13(17)10-15(16)20(21)22)19-9-5-8-18-12-6-3-2-4-7-12/h2-4,6-7,10-11,18-19H,5,8-9H2,1H3. The Morgan fingerprint density at radius 3 is 2.52 bits per heavy atom. The predicted molar refractivity (Wildman–Crippen MR) is 87.6 cm³/mol. The van der Waals surface area contributed by atoms with Crippen molar-refractivity contribution in [1.29, 1.82) is 0 Å². The van der Waals surface area contributed by atoms with Crippen molar-refractivity contribution in [3.05, 3.63) is 58.4 Å². The van der Waals surface area contributed by atoms with E-state index >= 15 is 0 Å². The number of nitro benzene ring substituents is 1. The largest absolute Gasteiger partial charge is 0.490 e. The van der Waals surface area contributed by atoms with Gasteiger partial charge < -0.3 is 15.4 Å². The Balaban J connectivity index is 1.87. The lowest BCUT2D eigenvalue weighted by Crippen LogP contribution is -2.10. The monoisotopic (exact) mass is 319 g/mol. The summed E-state index contributed by atoms with van der Waals surface area (Å²) in [6, 6.07) is 11.9. The highest BCUT2D eigenvalue weighted by Crippen LogP contribution is 2.32. The molecular formula is C16H18FN3O3. The molecule has 2 aromatic rings. The van der Waals surface area contributed by atoms with Crippen LogP contribution in [0.25, 0.3) is 0 Å². The smallest absolute Gasteiger partial charge is 0.313 e. The minimum atomic E-state index is -0.673. The van der Waals surface area contributed by atoms with E-state index in [0.29, 0.717) is 6.54 Å². The fourth-order valence-electron chi connectivity index (χ4n) is 2.08. The van der Waals surface area contributed by atoms with Crippen LogP contribution in [0.4, 0.5) is 21.5 Å². The molecule has 0 aliphatic heterocycles. The highest BCUT2D eigenvalue weighted by molar-refractivity contribution is 5.59. The Labute approximate surface area is 133 Å². The van der Waals surface area contributed by atoms with Crippen LogP contribution < -0.4 is 15.4 Å². The van der Waals surface area contributed by atoms with Gasteiger partial charge in [0.15, 0.2) is 11.6 Å². The molecule has 2 N–H and O–H groups in total. The van der Waals surface area contributed by atoms with Gasteiger partial charge in [-0.15, -0.1) is 0 Å². The number of nitro groups is 1. The topological polar surface area (TPSA) is 76.4 Å². The number of rotatable bonds is 8. The Morgan fingerprint density at radius 1 is 1.17 bits per heavy atom. The molecule has 0 unspecified atom stereocenters. The van der Waals surface area contributed by atoms with Crippen LogP contribution in [0.3, 0.4) is 0 Å². The van der Waals surface area contributed by atoms with Gasteiger partial charge in [-0.2, -0.15) is 0 Å². The van der Waals surface area contributed by atoms with Crippen molar-refractivity contribution in [2.75, 3.05) is 30.8 Å². The number of hydrogen-bond donors (Lipinski definition) is 2. The Morgan fingerprint density at radius 2 is 1.87 bits per heavy atom. The second kappa shape index (κ2) is 7.98. The third-order valence-electron chi connectivity index (χ3n) is 3.24. The summed E-state index contributed by atoms with van der Waals surface area (Å²) in [6.45, 7) is 1.25. The third-order valence-corrected chi connectivity index (χ3v) is 3.24. The van der Waals surface area contributed by atoms with Gasteiger partial charge in [-0.3, -0.25) is 10.1 Å². The highest BCUT2D eigenvalue weighted by atomic mass is 19.1. The van der Waals surface area contributed by atoms with E-state index in [0.717, 1.165) is 24.7 Å². The Hall–Kier alpha value is -2.83. The molecule has 7 heteroatoms. The van der Waals surface area contributed by atoms with Gasteiger partial charge in [0.2, 0.25) is 0 Å². The average Bonchev–Trinajstić information content (AvgIpc) is 2.56. The first-order valence-corrected chi connectivity index (χ1v) is 7.16. The molecule has 6 nitrogen and oxygen atoms in total. The van der Waals surface area contributed by atoms with Crippen molar-refractivity contribution in [3.63, 3.8) is 0 Å². The van der Waals surface area contributed by atoms with E-state index in [-0.39, 0.29) is 17.1 Å². The van der Waals surface area contributed by atoms with Gasteiger partial charge in [0.1, 0.15) is 0 Å². The third kappa shape index (κ3) is 4.57. The maximum atomic E-state index is 13.9. The predicted octanol–water partition coefficient (Wildman–Crippen LogP) is 3.66. The van der Waals surface area contributed by atoms with E-state index in [1.807, 2.05) is 30.3 Å². The first kappa shape index (κ1) is 16.5. The van der Waals surface area contributed by atoms with Crippen LogP contribution >= 0.6 is 0 Å². The maximum Gasteiger partial charge on any atom is 0.313 e. The van der Waals surface area contributed by atoms with Crippen LogP contribution in [-0.2, 0) is 0 Å². The molecule has 23 heavy (non-hydrogen) atoms. The number of ether oxygens (including phenoxy) is 1. The fourth-order valence-corrected chi connectivity index (χ4v) is 2.08.